The minimum Gasteiger partial charge on any atom is -0.354 e. The van der Waals surface area contributed by atoms with Crippen LogP contribution < -0.4 is 16.0 Å². The maximum Gasteiger partial charge on any atom is 0.274 e. The Morgan fingerprint density at radius 1 is 1.27 bits per heavy atom. The van der Waals surface area contributed by atoms with E-state index in [4.69, 9.17) is 0 Å². The highest BCUT2D eigenvalue weighted by Gasteiger charge is 2.41. The monoisotopic (exact) mass is 362 g/mol. The average molecular weight is 362 g/mol. The molecule has 1 aliphatic carbocycles. The van der Waals surface area contributed by atoms with Crippen LogP contribution >= 0.6 is 0 Å². The third-order valence-electron chi connectivity index (χ3n) is 5.46. The quantitative estimate of drug-likeness (QED) is 0.705. The van der Waals surface area contributed by atoms with Gasteiger partial charge in [-0.15, -0.1) is 5.10 Å². The Morgan fingerprint density at radius 2 is 2.00 bits per heavy atom. The van der Waals surface area contributed by atoms with Gasteiger partial charge in [-0.25, -0.2) is 4.68 Å². The number of hydrogen-bond donors (Lipinski definition) is 3. The van der Waals surface area contributed by atoms with Crippen molar-refractivity contribution in [3.63, 3.8) is 0 Å². The molecule has 0 spiro atoms. The first kappa shape index (κ1) is 18.8. The van der Waals surface area contributed by atoms with Crippen molar-refractivity contribution in [1.82, 2.24) is 30.9 Å². The lowest BCUT2D eigenvalue weighted by atomic mass is 9.80. The van der Waals surface area contributed by atoms with Crippen LogP contribution in [0.3, 0.4) is 0 Å². The van der Waals surface area contributed by atoms with E-state index in [9.17, 15) is 9.59 Å². The van der Waals surface area contributed by atoms with Gasteiger partial charge < -0.3 is 16.0 Å². The van der Waals surface area contributed by atoms with Crippen LogP contribution in [-0.4, -0.2) is 52.0 Å². The zero-order chi connectivity index (χ0) is 18.4. The zero-order valence-electron chi connectivity index (χ0n) is 15.6. The van der Waals surface area contributed by atoms with Crippen LogP contribution in [0, 0.1) is 0 Å². The summed E-state index contributed by atoms with van der Waals surface area (Å²) in [6.45, 7) is 4.55. The fourth-order valence-corrected chi connectivity index (χ4v) is 3.88. The van der Waals surface area contributed by atoms with E-state index in [-0.39, 0.29) is 23.6 Å². The average Bonchev–Trinajstić information content (AvgIpc) is 3.18. The Balaban J connectivity index is 1.69. The third-order valence-corrected chi connectivity index (χ3v) is 5.46. The second kappa shape index (κ2) is 8.62. The van der Waals surface area contributed by atoms with Gasteiger partial charge in [0.15, 0.2) is 5.69 Å². The summed E-state index contributed by atoms with van der Waals surface area (Å²) in [6, 6.07) is 0.279. The molecule has 0 bridgehead atoms. The molecule has 1 aromatic heterocycles. The molecule has 2 heterocycles. The lowest BCUT2D eigenvalue weighted by molar-refractivity contribution is -0.128. The fourth-order valence-electron chi connectivity index (χ4n) is 3.88. The van der Waals surface area contributed by atoms with E-state index in [1.54, 1.807) is 10.9 Å². The van der Waals surface area contributed by atoms with E-state index in [1.165, 1.54) is 0 Å². The first-order valence-electron chi connectivity index (χ1n) is 9.88. The van der Waals surface area contributed by atoms with Crippen molar-refractivity contribution in [1.29, 1.82) is 0 Å². The molecule has 2 amide bonds. The summed E-state index contributed by atoms with van der Waals surface area (Å²) in [6.07, 6.45) is 8.90. The summed E-state index contributed by atoms with van der Waals surface area (Å²) in [5.41, 5.74) is -0.528. The van der Waals surface area contributed by atoms with Crippen molar-refractivity contribution >= 4 is 11.8 Å². The number of amides is 2. The van der Waals surface area contributed by atoms with Gasteiger partial charge in [-0.2, -0.15) is 0 Å². The van der Waals surface area contributed by atoms with Crippen molar-refractivity contribution < 1.29 is 9.59 Å². The normalized spacial score (nSPS) is 20.5. The van der Waals surface area contributed by atoms with Crippen molar-refractivity contribution in [3.8, 4) is 0 Å². The molecule has 0 atom stereocenters. The molecule has 8 heteroatoms. The molecule has 2 aliphatic rings. The molecule has 144 valence electrons. The van der Waals surface area contributed by atoms with Crippen molar-refractivity contribution in [2.24, 2.45) is 0 Å². The number of nitrogens with one attached hydrogen (secondary N) is 3. The van der Waals surface area contributed by atoms with E-state index in [2.05, 4.69) is 26.3 Å². The van der Waals surface area contributed by atoms with E-state index in [1.807, 2.05) is 6.92 Å². The van der Waals surface area contributed by atoms with Crippen LogP contribution in [0.4, 0.5) is 0 Å². The highest BCUT2D eigenvalue weighted by Crippen LogP contribution is 2.29. The Labute approximate surface area is 154 Å². The Bertz CT molecular complexity index is 617. The van der Waals surface area contributed by atoms with Gasteiger partial charge in [-0.1, -0.05) is 31.4 Å². The third kappa shape index (κ3) is 4.23. The van der Waals surface area contributed by atoms with Crippen LogP contribution in [0.2, 0.25) is 0 Å². The minimum atomic E-state index is -0.816. The summed E-state index contributed by atoms with van der Waals surface area (Å²) in [4.78, 5) is 25.5. The number of aromatic nitrogens is 3. The van der Waals surface area contributed by atoms with Gasteiger partial charge in [-0.05, 0) is 45.2 Å². The molecule has 3 N–H and O–H groups in total. The first-order valence-corrected chi connectivity index (χ1v) is 9.88. The molecule has 1 saturated heterocycles. The maximum absolute atomic E-state index is 12.8. The smallest absolute Gasteiger partial charge is 0.274 e. The molecule has 0 unspecified atom stereocenters. The lowest BCUT2D eigenvalue weighted by Crippen LogP contribution is -2.59. The van der Waals surface area contributed by atoms with Gasteiger partial charge >= 0.3 is 0 Å². The number of nitrogens with zero attached hydrogens (tertiary/aromatic N) is 3. The number of rotatable bonds is 6. The van der Waals surface area contributed by atoms with Crippen LogP contribution in [0.15, 0.2) is 6.20 Å². The topological polar surface area (TPSA) is 101 Å². The first-order chi connectivity index (χ1) is 12.6. The van der Waals surface area contributed by atoms with Gasteiger partial charge in [0, 0.05) is 6.54 Å². The Morgan fingerprint density at radius 3 is 2.69 bits per heavy atom. The minimum absolute atomic E-state index is 0.0712. The summed E-state index contributed by atoms with van der Waals surface area (Å²) in [7, 11) is 0. The molecule has 0 radical (unpaired) electrons. The van der Waals surface area contributed by atoms with Crippen molar-refractivity contribution in [3.05, 3.63) is 11.9 Å². The van der Waals surface area contributed by atoms with E-state index >= 15 is 0 Å². The summed E-state index contributed by atoms with van der Waals surface area (Å²) in [5.74, 6) is -0.378. The highest BCUT2D eigenvalue weighted by atomic mass is 16.2. The Hall–Kier alpha value is -1.96. The molecule has 1 aliphatic heterocycles. The summed E-state index contributed by atoms with van der Waals surface area (Å²) < 4.78 is 1.79. The largest absolute Gasteiger partial charge is 0.354 e. The highest BCUT2D eigenvalue weighted by molar-refractivity contribution is 5.97. The molecule has 26 heavy (non-hydrogen) atoms. The van der Waals surface area contributed by atoms with Gasteiger partial charge in [0.25, 0.3) is 5.91 Å². The van der Waals surface area contributed by atoms with E-state index in [0.29, 0.717) is 19.4 Å². The predicted octanol–water partition coefficient (Wildman–Crippen LogP) is 1.16. The standard InChI is InChI=1S/C18H30N6O2/c1-2-10-20-17(26)18(8-4-3-5-9-18)21-16(25)15-13-24(23-22-15)14-6-11-19-12-7-14/h13-14,19H,2-12H2,1H3,(H,20,26)(H,21,25). The van der Waals surface area contributed by atoms with Crippen LogP contribution in [0.5, 0.6) is 0 Å². The lowest BCUT2D eigenvalue weighted by Gasteiger charge is -2.36. The zero-order valence-corrected chi connectivity index (χ0v) is 15.6. The SMILES string of the molecule is CCCNC(=O)C1(NC(=O)c2cn(C3CCNCC3)nn2)CCCCC1. The Kier molecular flexibility index (Phi) is 6.24. The summed E-state index contributed by atoms with van der Waals surface area (Å²) >= 11 is 0. The van der Waals surface area contributed by atoms with Crippen LogP contribution in [0.1, 0.15) is 74.8 Å². The van der Waals surface area contributed by atoms with Gasteiger partial charge in [0.1, 0.15) is 5.54 Å². The second-order valence-corrected chi connectivity index (χ2v) is 7.42. The number of carbonyl (C=O) groups is 2. The van der Waals surface area contributed by atoms with Gasteiger partial charge in [0.2, 0.25) is 5.91 Å². The van der Waals surface area contributed by atoms with Gasteiger partial charge in [-0.3, -0.25) is 9.59 Å². The van der Waals surface area contributed by atoms with Crippen molar-refractivity contribution in [2.75, 3.05) is 19.6 Å². The molecule has 3 rings (SSSR count). The van der Waals surface area contributed by atoms with Crippen molar-refractivity contribution in [2.45, 2.75) is 69.9 Å². The molecule has 8 nitrogen and oxygen atoms in total. The van der Waals surface area contributed by atoms with E-state index < -0.39 is 5.54 Å². The second-order valence-electron chi connectivity index (χ2n) is 7.42. The van der Waals surface area contributed by atoms with Gasteiger partial charge in [0.05, 0.1) is 12.2 Å². The number of carbonyl (C=O) groups excluding carboxylic acids is 2. The van der Waals surface area contributed by atoms with Crippen LogP contribution in [-0.2, 0) is 4.79 Å². The fraction of sp³-hybridized carbons (Fsp3) is 0.778. The number of hydrogen-bond acceptors (Lipinski definition) is 5. The molecule has 1 aromatic rings. The molecular weight excluding hydrogens is 332 g/mol. The number of piperidine rings is 1. The van der Waals surface area contributed by atoms with Crippen LogP contribution in [0.25, 0.3) is 0 Å². The molecule has 1 saturated carbocycles. The summed E-state index contributed by atoms with van der Waals surface area (Å²) in [5, 5.41) is 17.5. The molecular formula is C18H30N6O2. The maximum atomic E-state index is 12.8. The van der Waals surface area contributed by atoms with E-state index in [0.717, 1.165) is 51.6 Å². The molecule has 2 fully saturated rings. The molecule has 0 aromatic carbocycles. The predicted molar refractivity (Wildman–Crippen MR) is 97.7 cm³/mol.